The van der Waals surface area contributed by atoms with E-state index in [4.69, 9.17) is 0 Å². The van der Waals surface area contributed by atoms with Gasteiger partial charge in [0.1, 0.15) is 5.82 Å². The Hall–Kier alpha value is -2.36. The van der Waals surface area contributed by atoms with Crippen LogP contribution >= 0.6 is 0 Å². The van der Waals surface area contributed by atoms with Gasteiger partial charge in [-0.05, 0) is 12.0 Å². The highest BCUT2D eigenvalue weighted by atomic mass is 15.1. The molecule has 0 radical (unpaired) electrons. The van der Waals surface area contributed by atoms with Crippen LogP contribution in [0.5, 0.6) is 0 Å². The van der Waals surface area contributed by atoms with Crippen molar-refractivity contribution in [3.05, 3.63) is 72.8 Å². The number of rotatable bonds is 6. The third-order valence-corrected chi connectivity index (χ3v) is 3.81. The number of aryl methyl sites for hydroxylation is 2. The van der Waals surface area contributed by atoms with Crippen molar-refractivity contribution in [2.75, 3.05) is 0 Å². The Morgan fingerprint density at radius 1 is 1.05 bits per heavy atom. The monoisotopic (exact) mass is 280 g/mol. The molecule has 0 spiro atoms. The summed E-state index contributed by atoms with van der Waals surface area (Å²) in [6.07, 6.45) is 10.7. The van der Waals surface area contributed by atoms with Gasteiger partial charge in [0.15, 0.2) is 0 Å². The van der Waals surface area contributed by atoms with Crippen molar-refractivity contribution in [1.29, 1.82) is 0 Å². The maximum Gasteiger partial charge on any atom is 0.115 e. The van der Waals surface area contributed by atoms with Gasteiger partial charge in [-0.15, -0.1) is 0 Å². The lowest BCUT2D eigenvalue weighted by Gasteiger charge is -2.14. The highest BCUT2D eigenvalue weighted by molar-refractivity contribution is 5.24. The topological polar surface area (TPSA) is 35.6 Å². The Bertz CT molecular complexity index is 655. The summed E-state index contributed by atoms with van der Waals surface area (Å²) in [6, 6.07) is 10.5. The van der Waals surface area contributed by atoms with Gasteiger partial charge < -0.3 is 9.13 Å². The highest BCUT2D eigenvalue weighted by Gasteiger charge is 2.13. The van der Waals surface area contributed by atoms with Crippen molar-refractivity contribution in [3.63, 3.8) is 0 Å². The minimum Gasteiger partial charge on any atom is -0.337 e. The molecule has 0 amide bonds. The normalized spacial score (nSPS) is 12.4. The maximum absolute atomic E-state index is 4.55. The van der Waals surface area contributed by atoms with Crippen LogP contribution in [-0.4, -0.2) is 19.1 Å². The summed E-state index contributed by atoms with van der Waals surface area (Å²) in [5.74, 6) is 1.45. The molecule has 21 heavy (non-hydrogen) atoms. The number of benzene rings is 1. The van der Waals surface area contributed by atoms with Crippen LogP contribution in [0.15, 0.2) is 61.4 Å². The van der Waals surface area contributed by atoms with Gasteiger partial charge >= 0.3 is 0 Å². The molecule has 0 N–H and O–H groups in total. The first-order chi connectivity index (χ1) is 10.3. The smallest absolute Gasteiger partial charge is 0.115 e. The van der Waals surface area contributed by atoms with Gasteiger partial charge in [0.2, 0.25) is 0 Å². The molecule has 0 aliphatic rings. The van der Waals surface area contributed by atoms with Crippen LogP contribution in [0.3, 0.4) is 0 Å². The highest BCUT2D eigenvalue weighted by Crippen LogP contribution is 2.22. The lowest BCUT2D eigenvalue weighted by Crippen LogP contribution is -2.09. The van der Waals surface area contributed by atoms with E-state index in [1.807, 2.05) is 31.0 Å². The van der Waals surface area contributed by atoms with Crippen LogP contribution in [-0.2, 0) is 13.1 Å². The van der Waals surface area contributed by atoms with E-state index in [0.717, 1.165) is 25.3 Å². The number of imidazole rings is 2. The van der Waals surface area contributed by atoms with Crippen molar-refractivity contribution in [1.82, 2.24) is 19.1 Å². The SMILES string of the molecule is C[C@H](c1ccccc1)c1nccn1CCCn1ccnc1. The number of aromatic nitrogens is 4. The fourth-order valence-corrected chi connectivity index (χ4v) is 2.62. The molecule has 0 unspecified atom stereocenters. The zero-order chi connectivity index (χ0) is 14.5. The minimum atomic E-state index is 0.314. The third kappa shape index (κ3) is 3.21. The molecule has 108 valence electrons. The van der Waals surface area contributed by atoms with Crippen LogP contribution in [0.1, 0.15) is 30.7 Å². The minimum absolute atomic E-state index is 0.314. The first-order valence-corrected chi connectivity index (χ1v) is 7.36. The van der Waals surface area contributed by atoms with E-state index in [9.17, 15) is 0 Å². The average Bonchev–Trinajstić information content (AvgIpc) is 3.19. The van der Waals surface area contributed by atoms with Crippen molar-refractivity contribution in [3.8, 4) is 0 Å². The van der Waals surface area contributed by atoms with Gasteiger partial charge in [-0.25, -0.2) is 9.97 Å². The van der Waals surface area contributed by atoms with Crippen molar-refractivity contribution in [2.24, 2.45) is 0 Å². The molecule has 3 aromatic rings. The third-order valence-electron chi connectivity index (χ3n) is 3.81. The molecule has 2 aromatic heterocycles. The molecule has 0 bridgehead atoms. The van der Waals surface area contributed by atoms with E-state index in [1.165, 1.54) is 5.56 Å². The van der Waals surface area contributed by atoms with Gasteiger partial charge in [-0.1, -0.05) is 37.3 Å². The molecule has 2 heterocycles. The summed E-state index contributed by atoms with van der Waals surface area (Å²) >= 11 is 0. The zero-order valence-electron chi connectivity index (χ0n) is 12.3. The van der Waals surface area contributed by atoms with E-state index < -0.39 is 0 Å². The second-order valence-corrected chi connectivity index (χ2v) is 5.27. The van der Waals surface area contributed by atoms with Crippen LogP contribution in [0.25, 0.3) is 0 Å². The van der Waals surface area contributed by atoms with Crippen LogP contribution in [0.4, 0.5) is 0 Å². The van der Waals surface area contributed by atoms with Crippen molar-refractivity contribution >= 4 is 0 Å². The fraction of sp³-hybridized carbons (Fsp3) is 0.294. The summed E-state index contributed by atoms with van der Waals surface area (Å²) in [7, 11) is 0. The number of hydrogen-bond donors (Lipinski definition) is 0. The second kappa shape index (κ2) is 6.39. The maximum atomic E-state index is 4.55. The molecular formula is C17H20N4. The Kier molecular flexibility index (Phi) is 4.15. The lowest BCUT2D eigenvalue weighted by atomic mass is 10.0. The molecule has 1 atom stereocenters. The molecule has 0 saturated heterocycles. The van der Waals surface area contributed by atoms with Gasteiger partial charge in [-0.3, -0.25) is 0 Å². The first kappa shape index (κ1) is 13.6. The average molecular weight is 280 g/mol. The molecule has 1 aromatic carbocycles. The van der Waals surface area contributed by atoms with E-state index in [-0.39, 0.29) is 0 Å². The van der Waals surface area contributed by atoms with Gasteiger partial charge in [0, 0.05) is 43.8 Å². The molecule has 4 heteroatoms. The summed E-state index contributed by atoms with van der Waals surface area (Å²) < 4.78 is 4.37. The molecule has 0 aliphatic carbocycles. The summed E-state index contributed by atoms with van der Waals surface area (Å²) in [4.78, 5) is 8.62. The molecule has 0 fully saturated rings. The van der Waals surface area contributed by atoms with Gasteiger partial charge in [0.05, 0.1) is 6.33 Å². The standard InChI is InChI=1S/C17H20N4/c1-15(16-6-3-2-4-7-16)17-19-9-13-21(17)11-5-10-20-12-8-18-14-20/h2-4,6-9,12-15H,5,10-11H2,1H3/t15-/m1/s1. The number of hydrogen-bond acceptors (Lipinski definition) is 2. The van der Waals surface area contributed by atoms with E-state index in [0.29, 0.717) is 5.92 Å². The second-order valence-electron chi connectivity index (χ2n) is 5.27. The van der Waals surface area contributed by atoms with Crippen LogP contribution in [0.2, 0.25) is 0 Å². The lowest BCUT2D eigenvalue weighted by molar-refractivity contribution is 0.542. The largest absolute Gasteiger partial charge is 0.337 e. The van der Waals surface area contributed by atoms with Gasteiger partial charge in [0.25, 0.3) is 0 Å². The Labute approximate surface area is 125 Å². The predicted molar refractivity (Wildman–Crippen MR) is 83.0 cm³/mol. The van der Waals surface area contributed by atoms with Crippen LogP contribution < -0.4 is 0 Å². The first-order valence-electron chi connectivity index (χ1n) is 7.36. The van der Waals surface area contributed by atoms with E-state index in [2.05, 4.69) is 56.5 Å². The summed E-state index contributed by atoms with van der Waals surface area (Å²) in [6.45, 7) is 4.17. The van der Waals surface area contributed by atoms with E-state index in [1.54, 1.807) is 0 Å². The predicted octanol–water partition coefficient (Wildman–Crippen LogP) is 3.32. The molecule has 3 rings (SSSR count). The quantitative estimate of drug-likeness (QED) is 0.694. The Morgan fingerprint density at radius 3 is 2.67 bits per heavy atom. The molecule has 4 nitrogen and oxygen atoms in total. The molecular weight excluding hydrogens is 260 g/mol. The summed E-state index contributed by atoms with van der Waals surface area (Å²) in [5, 5.41) is 0. The van der Waals surface area contributed by atoms with Gasteiger partial charge in [-0.2, -0.15) is 0 Å². The molecule has 0 aliphatic heterocycles. The number of nitrogens with zero attached hydrogens (tertiary/aromatic N) is 4. The fourth-order valence-electron chi connectivity index (χ4n) is 2.62. The summed E-state index contributed by atoms with van der Waals surface area (Å²) in [5.41, 5.74) is 1.31. The van der Waals surface area contributed by atoms with E-state index >= 15 is 0 Å². The Balaban J connectivity index is 1.66. The van der Waals surface area contributed by atoms with Crippen molar-refractivity contribution < 1.29 is 0 Å². The zero-order valence-corrected chi connectivity index (χ0v) is 12.3. The Morgan fingerprint density at radius 2 is 1.90 bits per heavy atom. The van der Waals surface area contributed by atoms with Crippen molar-refractivity contribution in [2.45, 2.75) is 32.4 Å². The molecule has 0 saturated carbocycles. The van der Waals surface area contributed by atoms with Crippen LogP contribution in [0, 0.1) is 0 Å².